The van der Waals surface area contributed by atoms with E-state index in [4.69, 9.17) is 5.73 Å². The van der Waals surface area contributed by atoms with Crippen molar-refractivity contribution < 1.29 is 9.90 Å². The molecule has 1 fully saturated rings. The molecule has 0 aliphatic carbocycles. The van der Waals surface area contributed by atoms with E-state index in [9.17, 15) is 9.90 Å². The number of nitrogens with two attached hydrogens (primary N) is 1. The average molecular weight is 299 g/mol. The number of amides is 1. The van der Waals surface area contributed by atoms with E-state index in [1.54, 1.807) is 17.0 Å². The van der Waals surface area contributed by atoms with Gasteiger partial charge >= 0.3 is 0 Å². The van der Waals surface area contributed by atoms with Gasteiger partial charge < -0.3 is 15.7 Å². The lowest BCUT2D eigenvalue weighted by molar-refractivity contribution is -0.145. The number of carbonyl (C=O) groups is 1. The Balaban J connectivity index is 0.00000200. The first-order valence-corrected chi connectivity index (χ1v) is 6.88. The Bertz CT molecular complexity index is 427. The molecule has 0 radical (unpaired) electrons. The van der Waals surface area contributed by atoms with Crippen molar-refractivity contribution in [2.75, 3.05) is 13.1 Å². The van der Waals surface area contributed by atoms with Crippen LogP contribution in [-0.4, -0.2) is 35.0 Å². The smallest absolute Gasteiger partial charge is 0.256 e. The molecule has 5 heteroatoms. The first-order chi connectivity index (χ1) is 9.15. The second kappa shape index (κ2) is 7.62. The van der Waals surface area contributed by atoms with E-state index in [0.717, 1.165) is 12.8 Å². The van der Waals surface area contributed by atoms with Crippen molar-refractivity contribution in [3.05, 3.63) is 35.9 Å². The number of likely N-dealkylation sites (tertiary alicyclic amines) is 1. The Morgan fingerprint density at radius 1 is 1.45 bits per heavy atom. The van der Waals surface area contributed by atoms with Gasteiger partial charge in [0.25, 0.3) is 5.91 Å². The number of piperidine rings is 1. The van der Waals surface area contributed by atoms with Crippen molar-refractivity contribution >= 4 is 18.3 Å². The fraction of sp³-hybridized carbons (Fsp3) is 0.533. The first-order valence-electron chi connectivity index (χ1n) is 6.88. The summed E-state index contributed by atoms with van der Waals surface area (Å²) in [7, 11) is 0. The van der Waals surface area contributed by atoms with Crippen LogP contribution in [-0.2, 0) is 4.79 Å². The van der Waals surface area contributed by atoms with Gasteiger partial charge in [-0.25, -0.2) is 0 Å². The van der Waals surface area contributed by atoms with Crippen molar-refractivity contribution in [1.82, 2.24) is 4.90 Å². The highest BCUT2D eigenvalue weighted by molar-refractivity contribution is 5.85. The van der Waals surface area contributed by atoms with Crippen LogP contribution in [0.1, 0.15) is 31.4 Å². The summed E-state index contributed by atoms with van der Waals surface area (Å²) in [5, 5.41) is 10.2. The zero-order valence-corrected chi connectivity index (χ0v) is 12.6. The zero-order valence-electron chi connectivity index (χ0n) is 11.7. The van der Waals surface area contributed by atoms with Crippen LogP contribution in [0.2, 0.25) is 0 Å². The quantitative estimate of drug-likeness (QED) is 0.893. The van der Waals surface area contributed by atoms with Crippen LogP contribution < -0.4 is 5.73 Å². The Morgan fingerprint density at radius 3 is 2.70 bits per heavy atom. The van der Waals surface area contributed by atoms with Crippen molar-refractivity contribution in [2.24, 2.45) is 11.7 Å². The molecule has 1 aromatic rings. The third-order valence-corrected chi connectivity index (χ3v) is 3.99. The number of carbonyl (C=O) groups excluding carboxylic acids is 1. The summed E-state index contributed by atoms with van der Waals surface area (Å²) in [6.45, 7) is 3.26. The predicted molar refractivity (Wildman–Crippen MR) is 81.6 cm³/mol. The molecule has 3 atom stereocenters. The second-order valence-electron chi connectivity index (χ2n) is 5.27. The van der Waals surface area contributed by atoms with Crippen LogP contribution in [0.15, 0.2) is 30.3 Å². The molecule has 20 heavy (non-hydrogen) atoms. The summed E-state index contributed by atoms with van der Waals surface area (Å²) in [5.74, 6) is 0.166. The van der Waals surface area contributed by atoms with Gasteiger partial charge in [0.15, 0.2) is 6.10 Å². The molecule has 1 saturated heterocycles. The molecule has 112 valence electrons. The molecular formula is C15H23ClN2O2. The van der Waals surface area contributed by atoms with Crippen LogP contribution in [0, 0.1) is 5.92 Å². The van der Waals surface area contributed by atoms with Crippen LogP contribution >= 0.6 is 12.4 Å². The Morgan fingerprint density at radius 2 is 2.10 bits per heavy atom. The van der Waals surface area contributed by atoms with Gasteiger partial charge in [-0.3, -0.25) is 4.79 Å². The monoisotopic (exact) mass is 298 g/mol. The standard InChI is InChI=1S/C15H22N2O2.ClH/c1-11-6-5-9-17(13(11)10-16)15(19)14(18)12-7-3-2-4-8-12;/h2-4,7-8,11,13-14,18H,5-6,9-10,16H2,1H3;1H. The maximum absolute atomic E-state index is 12.4. The molecule has 1 aliphatic rings. The molecule has 0 bridgehead atoms. The van der Waals surface area contributed by atoms with Gasteiger partial charge in [0.1, 0.15) is 0 Å². The largest absolute Gasteiger partial charge is 0.378 e. The fourth-order valence-corrected chi connectivity index (χ4v) is 2.82. The van der Waals surface area contributed by atoms with Crippen LogP contribution in [0.5, 0.6) is 0 Å². The van der Waals surface area contributed by atoms with Crippen LogP contribution in [0.25, 0.3) is 0 Å². The van der Waals surface area contributed by atoms with E-state index in [1.165, 1.54) is 0 Å². The van der Waals surface area contributed by atoms with Gasteiger partial charge in [-0.1, -0.05) is 37.3 Å². The van der Waals surface area contributed by atoms with E-state index < -0.39 is 6.10 Å². The minimum Gasteiger partial charge on any atom is -0.378 e. The SMILES string of the molecule is CC1CCCN(C(=O)C(O)c2ccccc2)C1CN.Cl. The molecule has 2 rings (SSSR count). The molecule has 4 nitrogen and oxygen atoms in total. The van der Waals surface area contributed by atoms with E-state index in [1.807, 2.05) is 18.2 Å². The number of nitrogens with zero attached hydrogens (tertiary/aromatic N) is 1. The summed E-state index contributed by atoms with van der Waals surface area (Å²) < 4.78 is 0. The number of rotatable bonds is 3. The normalized spacial score (nSPS) is 23.9. The van der Waals surface area contributed by atoms with E-state index in [-0.39, 0.29) is 24.4 Å². The van der Waals surface area contributed by atoms with Gasteiger partial charge in [-0.05, 0) is 24.3 Å². The lowest BCUT2D eigenvalue weighted by Crippen LogP contribution is -2.52. The van der Waals surface area contributed by atoms with Crippen molar-refractivity contribution in [3.63, 3.8) is 0 Å². The molecule has 0 spiro atoms. The summed E-state index contributed by atoms with van der Waals surface area (Å²) in [6.07, 6.45) is 0.985. The van der Waals surface area contributed by atoms with E-state index >= 15 is 0 Å². The summed E-state index contributed by atoms with van der Waals surface area (Å²) in [6, 6.07) is 9.10. The van der Waals surface area contributed by atoms with E-state index in [0.29, 0.717) is 24.6 Å². The average Bonchev–Trinajstić information content (AvgIpc) is 2.46. The van der Waals surface area contributed by atoms with Gasteiger partial charge in [-0.2, -0.15) is 0 Å². The molecule has 1 amide bonds. The second-order valence-corrected chi connectivity index (χ2v) is 5.27. The first kappa shape index (κ1) is 17.0. The predicted octanol–water partition coefficient (Wildman–Crippen LogP) is 1.73. The number of halogens is 1. The Kier molecular flexibility index (Phi) is 6.46. The lowest BCUT2D eigenvalue weighted by Gasteiger charge is -2.40. The highest BCUT2D eigenvalue weighted by Crippen LogP contribution is 2.26. The van der Waals surface area contributed by atoms with Gasteiger partial charge in [0.2, 0.25) is 0 Å². The Labute approximate surface area is 126 Å². The van der Waals surface area contributed by atoms with Gasteiger partial charge in [-0.15, -0.1) is 12.4 Å². The summed E-state index contributed by atoms with van der Waals surface area (Å²) >= 11 is 0. The fourth-order valence-electron chi connectivity index (χ4n) is 2.82. The Hall–Kier alpha value is -1.10. The molecule has 3 N–H and O–H groups in total. The molecule has 0 saturated carbocycles. The molecule has 1 aromatic carbocycles. The molecular weight excluding hydrogens is 276 g/mol. The zero-order chi connectivity index (χ0) is 13.8. The van der Waals surface area contributed by atoms with Crippen LogP contribution in [0.3, 0.4) is 0 Å². The number of hydrogen-bond donors (Lipinski definition) is 2. The summed E-state index contributed by atoms with van der Waals surface area (Å²) in [4.78, 5) is 14.2. The lowest BCUT2D eigenvalue weighted by atomic mass is 9.90. The maximum Gasteiger partial charge on any atom is 0.256 e. The minimum absolute atomic E-state index is 0. The van der Waals surface area contributed by atoms with Gasteiger partial charge in [0, 0.05) is 19.1 Å². The summed E-state index contributed by atoms with van der Waals surface area (Å²) in [5.41, 5.74) is 6.43. The topological polar surface area (TPSA) is 66.6 Å². The number of aliphatic hydroxyl groups is 1. The van der Waals surface area contributed by atoms with Crippen molar-refractivity contribution in [1.29, 1.82) is 0 Å². The van der Waals surface area contributed by atoms with Crippen molar-refractivity contribution in [2.45, 2.75) is 31.9 Å². The van der Waals surface area contributed by atoms with Gasteiger partial charge in [0.05, 0.1) is 0 Å². The third-order valence-electron chi connectivity index (χ3n) is 3.99. The third kappa shape index (κ3) is 3.51. The molecule has 0 aromatic heterocycles. The number of aliphatic hydroxyl groups excluding tert-OH is 1. The molecule has 3 unspecified atom stereocenters. The maximum atomic E-state index is 12.4. The van der Waals surface area contributed by atoms with Crippen molar-refractivity contribution in [3.8, 4) is 0 Å². The highest BCUT2D eigenvalue weighted by Gasteiger charge is 2.34. The molecule has 1 aliphatic heterocycles. The number of hydrogen-bond acceptors (Lipinski definition) is 3. The highest BCUT2D eigenvalue weighted by atomic mass is 35.5. The van der Waals surface area contributed by atoms with Crippen LogP contribution in [0.4, 0.5) is 0 Å². The number of benzene rings is 1. The minimum atomic E-state index is -1.08. The molecule has 1 heterocycles. The van der Waals surface area contributed by atoms with E-state index in [2.05, 4.69) is 6.92 Å².